The maximum absolute atomic E-state index is 12.3. The van der Waals surface area contributed by atoms with E-state index >= 15 is 0 Å². The number of hydrogen-bond donors (Lipinski definition) is 2. The van der Waals surface area contributed by atoms with Gasteiger partial charge in [0.1, 0.15) is 5.75 Å². The van der Waals surface area contributed by atoms with Gasteiger partial charge in [-0.25, -0.2) is 14.3 Å². The van der Waals surface area contributed by atoms with E-state index in [-0.39, 0.29) is 5.78 Å². The van der Waals surface area contributed by atoms with Gasteiger partial charge >= 0.3 is 6.03 Å². The molecule has 0 aliphatic rings. The molecule has 0 radical (unpaired) electrons. The summed E-state index contributed by atoms with van der Waals surface area (Å²) in [7, 11) is 1.61. The van der Waals surface area contributed by atoms with Crippen molar-refractivity contribution in [3.8, 4) is 17.1 Å². The zero-order valence-corrected chi connectivity index (χ0v) is 16.4. The number of Topliss-reactive ketones (excluding diaryl/α,β-unsaturated/α-hetero) is 1. The van der Waals surface area contributed by atoms with Crippen molar-refractivity contribution in [2.45, 2.75) is 6.92 Å². The Morgan fingerprint density at radius 1 is 0.967 bits per heavy atom. The number of benzene rings is 2. The third kappa shape index (κ3) is 4.12. The van der Waals surface area contributed by atoms with E-state index in [9.17, 15) is 9.59 Å². The Kier molecular flexibility index (Phi) is 5.13. The summed E-state index contributed by atoms with van der Waals surface area (Å²) in [4.78, 5) is 28.3. The maximum Gasteiger partial charge on any atom is 0.323 e. The van der Waals surface area contributed by atoms with Gasteiger partial charge in [0.15, 0.2) is 17.3 Å². The number of aromatic nitrogens is 3. The molecule has 2 amide bonds. The van der Waals surface area contributed by atoms with E-state index in [1.165, 1.54) is 6.92 Å². The van der Waals surface area contributed by atoms with Gasteiger partial charge in [0.2, 0.25) is 0 Å². The monoisotopic (exact) mass is 401 g/mol. The average Bonchev–Trinajstić information content (AvgIpc) is 3.17. The maximum atomic E-state index is 12.3. The number of amides is 2. The van der Waals surface area contributed by atoms with Gasteiger partial charge in [0, 0.05) is 16.8 Å². The highest BCUT2D eigenvalue weighted by molar-refractivity contribution is 6.01. The number of methoxy groups -OCH3 is 1. The Balaban J connectivity index is 1.51. The number of carbonyl (C=O) groups excluding carboxylic acids is 2. The van der Waals surface area contributed by atoms with Crippen molar-refractivity contribution in [1.82, 2.24) is 14.6 Å². The van der Waals surface area contributed by atoms with E-state index in [0.29, 0.717) is 28.4 Å². The Hall–Kier alpha value is -4.20. The van der Waals surface area contributed by atoms with Gasteiger partial charge in [-0.1, -0.05) is 24.3 Å². The van der Waals surface area contributed by atoms with Crippen LogP contribution in [0.15, 0.2) is 66.9 Å². The molecule has 0 saturated carbocycles. The van der Waals surface area contributed by atoms with Crippen LogP contribution in [0.3, 0.4) is 0 Å². The van der Waals surface area contributed by atoms with Crippen LogP contribution in [-0.4, -0.2) is 33.5 Å². The first kappa shape index (κ1) is 19.1. The van der Waals surface area contributed by atoms with Gasteiger partial charge in [-0.15, -0.1) is 5.10 Å². The Morgan fingerprint density at radius 3 is 2.57 bits per heavy atom. The Labute approximate surface area is 172 Å². The molecule has 2 aromatic heterocycles. The summed E-state index contributed by atoms with van der Waals surface area (Å²) in [6.07, 6.45) is 1.68. The minimum Gasteiger partial charge on any atom is -0.497 e. The van der Waals surface area contributed by atoms with Crippen LogP contribution >= 0.6 is 0 Å². The fourth-order valence-corrected chi connectivity index (χ4v) is 2.95. The van der Waals surface area contributed by atoms with E-state index in [1.54, 1.807) is 54.2 Å². The van der Waals surface area contributed by atoms with Gasteiger partial charge < -0.3 is 15.4 Å². The summed E-state index contributed by atoms with van der Waals surface area (Å²) in [5.41, 5.74) is 3.08. The number of nitrogens with one attached hydrogen (secondary N) is 2. The van der Waals surface area contributed by atoms with Crippen LogP contribution in [0.4, 0.5) is 16.2 Å². The number of ether oxygens (including phenoxy) is 1. The molecule has 2 heterocycles. The van der Waals surface area contributed by atoms with E-state index in [2.05, 4.69) is 20.7 Å². The molecule has 0 atom stereocenters. The lowest BCUT2D eigenvalue weighted by Gasteiger charge is -2.08. The summed E-state index contributed by atoms with van der Waals surface area (Å²) < 4.78 is 6.85. The summed E-state index contributed by atoms with van der Waals surface area (Å²) in [5, 5.41) is 9.95. The number of pyridine rings is 1. The molecule has 8 nitrogen and oxygen atoms in total. The predicted octanol–water partition coefficient (Wildman–Crippen LogP) is 4.25. The van der Waals surface area contributed by atoms with Crippen molar-refractivity contribution in [3.63, 3.8) is 0 Å². The number of rotatable bonds is 5. The summed E-state index contributed by atoms with van der Waals surface area (Å²) in [5.74, 6) is 1.21. The lowest BCUT2D eigenvalue weighted by atomic mass is 10.1. The van der Waals surface area contributed by atoms with Gasteiger partial charge in [0.25, 0.3) is 0 Å². The Bertz CT molecular complexity index is 1250. The van der Waals surface area contributed by atoms with Crippen LogP contribution in [0.2, 0.25) is 0 Å². The van der Waals surface area contributed by atoms with Crippen LogP contribution in [0.5, 0.6) is 5.75 Å². The molecule has 0 aliphatic carbocycles. The molecule has 150 valence electrons. The average molecular weight is 401 g/mol. The number of hydrogen-bond acceptors (Lipinski definition) is 5. The fourth-order valence-electron chi connectivity index (χ4n) is 2.95. The normalized spacial score (nSPS) is 10.6. The quantitative estimate of drug-likeness (QED) is 0.487. The molecule has 8 heteroatoms. The second-order valence-corrected chi connectivity index (χ2v) is 6.60. The van der Waals surface area contributed by atoms with Gasteiger partial charge in [-0.3, -0.25) is 4.79 Å². The van der Waals surface area contributed by atoms with E-state index in [0.717, 1.165) is 11.3 Å². The molecule has 4 rings (SSSR count). The van der Waals surface area contributed by atoms with Crippen LogP contribution < -0.4 is 15.4 Å². The molecule has 0 unspecified atom stereocenters. The molecule has 2 aromatic carbocycles. The number of fused-ring (bicyclic) bond motifs is 1. The smallest absolute Gasteiger partial charge is 0.323 e. The topological polar surface area (TPSA) is 97.6 Å². The van der Waals surface area contributed by atoms with Crippen molar-refractivity contribution in [1.29, 1.82) is 0 Å². The number of urea groups is 1. The molecule has 0 spiro atoms. The van der Waals surface area contributed by atoms with Gasteiger partial charge in [-0.2, -0.15) is 0 Å². The zero-order chi connectivity index (χ0) is 21.1. The van der Waals surface area contributed by atoms with Gasteiger partial charge in [0.05, 0.1) is 19.0 Å². The Morgan fingerprint density at radius 2 is 1.77 bits per heavy atom. The van der Waals surface area contributed by atoms with Crippen molar-refractivity contribution in [3.05, 3.63) is 72.4 Å². The molecule has 4 aromatic rings. The minimum absolute atomic E-state index is 0.0671. The summed E-state index contributed by atoms with van der Waals surface area (Å²) in [6, 6.07) is 17.3. The molecule has 0 saturated heterocycles. The summed E-state index contributed by atoms with van der Waals surface area (Å²) in [6.45, 7) is 1.48. The highest BCUT2D eigenvalue weighted by Crippen LogP contribution is 2.22. The van der Waals surface area contributed by atoms with Crippen molar-refractivity contribution in [2.24, 2.45) is 0 Å². The first-order valence-corrected chi connectivity index (χ1v) is 9.22. The van der Waals surface area contributed by atoms with Crippen LogP contribution in [0, 0.1) is 0 Å². The first-order chi connectivity index (χ1) is 14.5. The largest absolute Gasteiger partial charge is 0.497 e. The molecular formula is C22H19N5O3. The number of nitrogens with zero attached hydrogens (tertiary/aromatic N) is 3. The number of carbonyl (C=O) groups is 2. The van der Waals surface area contributed by atoms with Crippen LogP contribution in [-0.2, 0) is 0 Å². The second-order valence-electron chi connectivity index (χ2n) is 6.60. The van der Waals surface area contributed by atoms with E-state index in [4.69, 9.17) is 4.74 Å². The molecule has 2 N–H and O–H groups in total. The highest BCUT2D eigenvalue weighted by atomic mass is 16.5. The summed E-state index contributed by atoms with van der Waals surface area (Å²) >= 11 is 0. The molecule has 0 bridgehead atoms. The number of anilines is 2. The molecule has 30 heavy (non-hydrogen) atoms. The van der Waals surface area contributed by atoms with Crippen molar-refractivity contribution >= 4 is 28.8 Å². The fraction of sp³-hybridized carbons (Fsp3) is 0.0909. The van der Waals surface area contributed by atoms with E-state index in [1.807, 2.05) is 24.3 Å². The lowest BCUT2D eigenvalue weighted by molar-refractivity contribution is 0.101. The minimum atomic E-state index is -0.428. The second kappa shape index (κ2) is 8.04. The third-order valence-corrected chi connectivity index (χ3v) is 4.44. The van der Waals surface area contributed by atoms with Crippen molar-refractivity contribution in [2.75, 3.05) is 17.7 Å². The lowest BCUT2D eigenvalue weighted by Crippen LogP contribution is -2.19. The van der Waals surface area contributed by atoms with E-state index < -0.39 is 6.03 Å². The molecular weight excluding hydrogens is 382 g/mol. The highest BCUT2D eigenvalue weighted by Gasteiger charge is 2.10. The van der Waals surface area contributed by atoms with Crippen molar-refractivity contribution < 1.29 is 14.3 Å². The molecule has 0 fully saturated rings. The van der Waals surface area contributed by atoms with Crippen LogP contribution in [0.25, 0.3) is 17.0 Å². The predicted molar refractivity (Wildman–Crippen MR) is 114 cm³/mol. The zero-order valence-electron chi connectivity index (χ0n) is 16.4. The standard InChI is InChI=1S/C22H19N5O3/c1-14(28)15-5-3-7-17(11-15)23-22(29)24-18-9-10-20-25-21(26-27(20)13-18)16-6-4-8-19(12-16)30-2/h3-13H,1-2H3,(H2,23,24,29). The third-order valence-electron chi connectivity index (χ3n) is 4.44. The first-order valence-electron chi connectivity index (χ1n) is 9.22. The SMILES string of the molecule is COc1cccc(-c2nc3ccc(NC(=O)Nc4cccc(C(C)=O)c4)cn3n2)c1. The van der Waals surface area contributed by atoms with Gasteiger partial charge in [-0.05, 0) is 43.3 Å². The molecule has 0 aliphatic heterocycles. The van der Waals surface area contributed by atoms with Crippen LogP contribution in [0.1, 0.15) is 17.3 Å². The number of ketones is 1.